The minimum atomic E-state index is -3.83. The van der Waals surface area contributed by atoms with Crippen LogP contribution in [0.4, 0.5) is 5.82 Å². The summed E-state index contributed by atoms with van der Waals surface area (Å²) in [5, 5.41) is 4.17. The third-order valence-electron chi connectivity index (χ3n) is 3.64. The van der Waals surface area contributed by atoms with Gasteiger partial charge in [-0.25, -0.2) is 0 Å². The van der Waals surface area contributed by atoms with Gasteiger partial charge >= 0.3 is 0 Å². The molecule has 124 valence electrons. The first-order valence-electron chi connectivity index (χ1n) is 7.24. The number of nitrogens with zero attached hydrogens (tertiary/aromatic N) is 2. The van der Waals surface area contributed by atoms with Crippen LogP contribution in [0.25, 0.3) is 11.3 Å². The van der Waals surface area contributed by atoms with Gasteiger partial charge in [-0.3, -0.25) is 0 Å². The quantitative estimate of drug-likeness (QED) is 0.787. The zero-order valence-corrected chi connectivity index (χ0v) is 14.1. The van der Waals surface area contributed by atoms with Gasteiger partial charge in [0, 0.05) is 11.6 Å². The smallest absolute Gasteiger partial charge is 0.284 e. The lowest BCUT2D eigenvalue weighted by atomic mass is 10.1. The van der Waals surface area contributed by atoms with Gasteiger partial charge in [0.2, 0.25) is 0 Å². The van der Waals surface area contributed by atoms with Crippen LogP contribution in [0.2, 0.25) is 0 Å². The van der Waals surface area contributed by atoms with Crippen LogP contribution in [0, 0.1) is 6.92 Å². The molecule has 0 unspecified atom stereocenters. The molecule has 24 heavy (non-hydrogen) atoms. The Morgan fingerprint density at radius 2 is 1.67 bits per heavy atom. The largest absolute Gasteiger partial charge is 0.497 e. The number of benzene rings is 2. The highest BCUT2D eigenvalue weighted by Crippen LogP contribution is 2.25. The molecule has 0 bridgehead atoms. The van der Waals surface area contributed by atoms with Gasteiger partial charge in [0.05, 0.1) is 17.7 Å². The summed E-state index contributed by atoms with van der Waals surface area (Å²) in [6, 6.07) is 15.2. The summed E-state index contributed by atoms with van der Waals surface area (Å²) in [7, 11) is -2.25. The Morgan fingerprint density at radius 3 is 2.25 bits per heavy atom. The van der Waals surface area contributed by atoms with Crippen LogP contribution in [-0.4, -0.2) is 24.7 Å². The van der Waals surface area contributed by atoms with E-state index in [4.69, 9.17) is 10.5 Å². The maximum absolute atomic E-state index is 12.7. The molecule has 0 aliphatic carbocycles. The Bertz CT molecular complexity index is 959. The van der Waals surface area contributed by atoms with Crippen LogP contribution in [-0.2, 0) is 10.0 Å². The normalized spacial score (nSPS) is 11.4. The van der Waals surface area contributed by atoms with E-state index in [0.717, 1.165) is 15.2 Å². The standard InChI is InChI=1S/C17H17N3O3S/c1-12-3-9-15(10-4-12)24(21,22)20-17(18)11-16(19-20)13-5-7-14(23-2)8-6-13/h3-11H,18H2,1-2H3. The Labute approximate surface area is 140 Å². The van der Waals surface area contributed by atoms with Crippen molar-refractivity contribution in [1.29, 1.82) is 0 Å². The maximum Gasteiger partial charge on any atom is 0.284 e. The van der Waals surface area contributed by atoms with E-state index < -0.39 is 10.0 Å². The first kappa shape index (κ1) is 16.1. The number of hydrogen-bond donors (Lipinski definition) is 1. The van der Waals surface area contributed by atoms with E-state index in [0.29, 0.717) is 11.4 Å². The second kappa shape index (κ2) is 6.01. The van der Waals surface area contributed by atoms with Crippen molar-refractivity contribution < 1.29 is 13.2 Å². The average Bonchev–Trinajstić information content (AvgIpc) is 2.98. The molecule has 0 amide bonds. The molecule has 1 aromatic heterocycles. The highest BCUT2D eigenvalue weighted by Gasteiger charge is 2.21. The molecule has 2 N–H and O–H groups in total. The van der Waals surface area contributed by atoms with E-state index in [9.17, 15) is 8.42 Å². The molecule has 0 spiro atoms. The van der Waals surface area contributed by atoms with E-state index in [1.165, 1.54) is 6.07 Å². The van der Waals surface area contributed by atoms with Crippen LogP contribution in [0.1, 0.15) is 5.56 Å². The van der Waals surface area contributed by atoms with Crippen molar-refractivity contribution in [3.05, 3.63) is 60.2 Å². The van der Waals surface area contributed by atoms with Crippen LogP contribution < -0.4 is 10.5 Å². The molecule has 0 saturated carbocycles. The van der Waals surface area contributed by atoms with E-state index >= 15 is 0 Å². The van der Waals surface area contributed by atoms with Gasteiger partial charge in [-0.1, -0.05) is 17.7 Å². The van der Waals surface area contributed by atoms with Crippen LogP contribution >= 0.6 is 0 Å². The number of nitrogens with two attached hydrogens (primary N) is 1. The number of nitrogen functional groups attached to an aromatic ring is 1. The molecule has 1 heterocycles. The van der Waals surface area contributed by atoms with Crippen LogP contribution in [0.5, 0.6) is 5.75 Å². The number of aryl methyl sites for hydroxylation is 1. The first-order chi connectivity index (χ1) is 11.4. The highest BCUT2D eigenvalue weighted by molar-refractivity contribution is 7.90. The zero-order valence-electron chi connectivity index (χ0n) is 13.3. The summed E-state index contributed by atoms with van der Waals surface area (Å²) in [4.78, 5) is 0.143. The van der Waals surface area contributed by atoms with Crippen molar-refractivity contribution in [3.63, 3.8) is 0 Å². The zero-order chi connectivity index (χ0) is 17.3. The van der Waals surface area contributed by atoms with Crippen LogP contribution in [0.15, 0.2) is 59.5 Å². The molecule has 0 aliphatic rings. The number of hydrogen-bond acceptors (Lipinski definition) is 5. The summed E-state index contributed by atoms with van der Waals surface area (Å²) in [5.41, 5.74) is 8.09. The van der Waals surface area contributed by atoms with Gasteiger partial charge in [0.15, 0.2) is 0 Å². The Kier molecular flexibility index (Phi) is 4.02. The SMILES string of the molecule is COc1ccc(-c2cc(N)n(S(=O)(=O)c3ccc(C)cc3)n2)cc1. The molecule has 3 rings (SSSR count). The fraction of sp³-hybridized carbons (Fsp3) is 0.118. The molecule has 0 saturated heterocycles. The molecular formula is C17H17N3O3S. The number of anilines is 1. The topological polar surface area (TPSA) is 87.2 Å². The van der Waals surface area contributed by atoms with Gasteiger partial charge in [0.1, 0.15) is 11.6 Å². The fourth-order valence-electron chi connectivity index (χ4n) is 2.29. The summed E-state index contributed by atoms with van der Waals surface area (Å²) in [5.74, 6) is 0.764. The second-order valence-corrected chi connectivity index (χ2v) is 7.11. The van der Waals surface area contributed by atoms with Crippen molar-refractivity contribution in [2.75, 3.05) is 12.8 Å². The van der Waals surface area contributed by atoms with E-state index in [1.807, 2.05) is 6.92 Å². The molecular weight excluding hydrogens is 326 g/mol. The number of ether oxygens (including phenoxy) is 1. The third kappa shape index (κ3) is 2.85. The van der Waals surface area contributed by atoms with Crippen molar-refractivity contribution >= 4 is 15.8 Å². The molecule has 0 atom stereocenters. The predicted octanol–water partition coefficient (Wildman–Crippen LogP) is 2.69. The van der Waals surface area contributed by atoms with E-state index in [2.05, 4.69) is 5.10 Å². The Hall–Kier alpha value is -2.80. The maximum atomic E-state index is 12.7. The lowest BCUT2D eigenvalue weighted by Gasteiger charge is -2.06. The lowest BCUT2D eigenvalue weighted by Crippen LogP contribution is -2.16. The van der Waals surface area contributed by atoms with Crippen molar-refractivity contribution in [2.24, 2.45) is 0 Å². The summed E-state index contributed by atoms with van der Waals surface area (Å²) in [6.07, 6.45) is 0. The molecule has 2 aromatic carbocycles. The van der Waals surface area contributed by atoms with Gasteiger partial charge in [-0.05, 0) is 43.3 Å². The van der Waals surface area contributed by atoms with E-state index in [1.54, 1.807) is 55.6 Å². The van der Waals surface area contributed by atoms with Gasteiger partial charge < -0.3 is 10.5 Å². The van der Waals surface area contributed by atoms with E-state index in [-0.39, 0.29) is 10.7 Å². The average molecular weight is 343 g/mol. The summed E-state index contributed by atoms with van der Waals surface area (Å²) in [6.45, 7) is 1.89. The molecule has 0 radical (unpaired) electrons. The molecule has 6 nitrogen and oxygen atoms in total. The highest BCUT2D eigenvalue weighted by atomic mass is 32.2. The lowest BCUT2D eigenvalue weighted by molar-refractivity contribution is 0.415. The molecule has 3 aromatic rings. The number of rotatable bonds is 4. The van der Waals surface area contributed by atoms with Gasteiger partial charge in [-0.15, -0.1) is 4.09 Å². The third-order valence-corrected chi connectivity index (χ3v) is 5.25. The fourth-order valence-corrected chi connectivity index (χ4v) is 3.49. The number of methoxy groups -OCH3 is 1. The van der Waals surface area contributed by atoms with Crippen LogP contribution in [0.3, 0.4) is 0 Å². The Morgan fingerprint density at radius 1 is 1.04 bits per heavy atom. The van der Waals surface area contributed by atoms with Crippen molar-refractivity contribution in [1.82, 2.24) is 9.19 Å². The van der Waals surface area contributed by atoms with Gasteiger partial charge in [-0.2, -0.15) is 13.5 Å². The number of aromatic nitrogens is 2. The summed E-state index contributed by atoms with van der Waals surface area (Å²) >= 11 is 0. The van der Waals surface area contributed by atoms with Crippen molar-refractivity contribution in [2.45, 2.75) is 11.8 Å². The minimum Gasteiger partial charge on any atom is -0.497 e. The Balaban J connectivity index is 2.03. The first-order valence-corrected chi connectivity index (χ1v) is 8.68. The molecule has 0 aliphatic heterocycles. The van der Waals surface area contributed by atoms with Crippen molar-refractivity contribution in [3.8, 4) is 17.0 Å². The minimum absolute atomic E-state index is 0.0568. The van der Waals surface area contributed by atoms with Gasteiger partial charge in [0.25, 0.3) is 10.0 Å². The monoisotopic (exact) mass is 343 g/mol. The molecule has 7 heteroatoms. The molecule has 0 fully saturated rings. The predicted molar refractivity (Wildman–Crippen MR) is 92.4 cm³/mol. The summed E-state index contributed by atoms with van der Waals surface area (Å²) < 4.78 is 31.4. The second-order valence-electron chi connectivity index (χ2n) is 5.34.